The molecule has 0 unspecified atom stereocenters. The molecule has 0 aliphatic carbocycles. The zero-order chi connectivity index (χ0) is 11.5. The maximum atomic E-state index is 13.2. The van der Waals surface area contributed by atoms with E-state index < -0.39 is 11.7 Å². The van der Waals surface area contributed by atoms with Gasteiger partial charge in [-0.05, 0) is 30.3 Å². The van der Waals surface area contributed by atoms with E-state index in [2.05, 4.69) is 4.98 Å². The molecule has 80 valence electrons. The molecule has 0 saturated heterocycles. The Morgan fingerprint density at radius 2 is 2.06 bits per heavy atom. The molecule has 0 radical (unpaired) electrons. The summed E-state index contributed by atoms with van der Waals surface area (Å²) >= 11 is 0. The number of nitrogens with two attached hydrogens (primary N) is 1. The van der Waals surface area contributed by atoms with Crippen LogP contribution in [0.1, 0.15) is 10.4 Å². The Hall–Kier alpha value is -2.23. The lowest BCUT2D eigenvalue weighted by Crippen LogP contribution is -2.13. The van der Waals surface area contributed by atoms with Crippen molar-refractivity contribution in [1.29, 1.82) is 0 Å². The van der Waals surface area contributed by atoms with Gasteiger partial charge in [0.05, 0.1) is 11.3 Å². The number of benzene rings is 1. The maximum absolute atomic E-state index is 13.2. The number of hydrogen-bond donors (Lipinski definition) is 1. The van der Waals surface area contributed by atoms with E-state index >= 15 is 0 Å². The fourth-order valence-electron chi connectivity index (χ4n) is 1.41. The van der Waals surface area contributed by atoms with E-state index in [1.165, 1.54) is 12.1 Å². The number of carbonyl (C=O) groups is 1. The highest BCUT2D eigenvalue weighted by molar-refractivity contribution is 5.94. The van der Waals surface area contributed by atoms with E-state index in [0.29, 0.717) is 11.3 Å². The summed E-state index contributed by atoms with van der Waals surface area (Å²) in [6.07, 6.45) is 1.63. The van der Waals surface area contributed by atoms with Gasteiger partial charge in [-0.15, -0.1) is 0 Å². The molecule has 0 aliphatic rings. The standard InChI is InChI=1S/C12H9FN2O/c13-10-5-4-8(7-9(10)12(14)16)11-3-1-2-6-15-11/h1-7H,(H2,14,16). The zero-order valence-corrected chi connectivity index (χ0v) is 8.35. The van der Waals surface area contributed by atoms with Gasteiger partial charge in [0.1, 0.15) is 5.82 Å². The smallest absolute Gasteiger partial charge is 0.251 e. The molecule has 0 fully saturated rings. The molecule has 1 amide bonds. The van der Waals surface area contributed by atoms with Crippen molar-refractivity contribution < 1.29 is 9.18 Å². The van der Waals surface area contributed by atoms with Crippen LogP contribution < -0.4 is 5.73 Å². The summed E-state index contributed by atoms with van der Waals surface area (Å²) < 4.78 is 13.2. The van der Waals surface area contributed by atoms with E-state index in [4.69, 9.17) is 5.73 Å². The van der Waals surface area contributed by atoms with Crippen LogP contribution in [0, 0.1) is 5.82 Å². The SMILES string of the molecule is NC(=O)c1cc(-c2ccccn2)ccc1F. The molecule has 0 atom stereocenters. The van der Waals surface area contributed by atoms with Crippen molar-refractivity contribution >= 4 is 5.91 Å². The van der Waals surface area contributed by atoms with E-state index in [9.17, 15) is 9.18 Å². The molecule has 16 heavy (non-hydrogen) atoms. The van der Waals surface area contributed by atoms with Crippen molar-refractivity contribution in [2.75, 3.05) is 0 Å². The van der Waals surface area contributed by atoms with Crippen molar-refractivity contribution in [1.82, 2.24) is 4.98 Å². The van der Waals surface area contributed by atoms with Gasteiger partial charge in [-0.2, -0.15) is 0 Å². The normalized spacial score (nSPS) is 10.1. The molecule has 0 saturated carbocycles. The first-order valence-corrected chi connectivity index (χ1v) is 4.69. The molecule has 0 spiro atoms. The highest BCUT2D eigenvalue weighted by Crippen LogP contribution is 2.19. The fraction of sp³-hybridized carbons (Fsp3) is 0. The van der Waals surface area contributed by atoms with Crippen molar-refractivity contribution in [2.45, 2.75) is 0 Å². The van der Waals surface area contributed by atoms with Crippen molar-refractivity contribution in [3.8, 4) is 11.3 Å². The third-order valence-corrected chi connectivity index (χ3v) is 2.19. The lowest BCUT2D eigenvalue weighted by Gasteiger charge is -2.03. The summed E-state index contributed by atoms with van der Waals surface area (Å²) in [6.45, 7) is 0. The van der Waals surface area contributed by atoms with E-state index in [-0.39, 0.29) is 5.56 Å². The lowest BCUT2D eigenvalue weighted by molar-refractivity contribution is 0.0996. The molecule has 4 heteroatoms. The van der Waals surface area contributed by atoms with Gasteiger partial charge in [0.25, 0.3) is 5.91 Å². The Labute approximate surface area is 91.7 Å². The van der Waals surface area contributed by atoms with Crippen LogP contribution in [0.5, 0.6) is 0 Å². The Morgan fingerprint density at radius 1 is 1.25 bits per heavy atom. The summed E-state index contributed by atoms with van der Waals surface area (Å²) in [5.74, 6) is -1.40. The monoisotopic (exact) mass is 216 g/mol. The van der Waals surface area contributed by atoms with Gasteiger partial charge in [-0.1, -0.05) is 6.07 Å². The van der Waals surface area contributed by atoms with E-state index in [1.807, 2.05) is 6.07 Å². The van der Waals surface area contributed by atoms with Gasteiger partial charge >= 0.3 is 0 Å². The molecular weight excluding hydrogens is 207 g/mol. The van der Waals surface area contributed by atoms with Crippen molar-refractivity contribution in [2.24, 2.45) is 5.73 Å². The fourth-order valence-corrected chi connectivity index (χ4v) is 1.41. The van der Waals surface area contributed by atoms with Crippen LogP contribution in [0.3, 0.4) is 0 Å². The average molecular weight is 216 g/mol. The Balaban J connectivity index is 2.52. The second-order valence-electron chi connectivity index (χ2n) is 3.27. The second-order valence-corrected chi connectivity index (χ2v) is 3.27. The topological polar surface area (TPSA) is 56.0 Å². The predicted molar refractivity (Wildman–Crippen MR) is 58.1 cm³/mol. The largest absolute Gasteiger partial charge is 0.366 e. The van der Waals surface area contributed by atoms with Crippen molar-refractivity contribution in [3.63, 3.8) is 0 Å². The third-order valence-electron chi connectivity index (χ3n) is 2.19. The molecule has 2 rings (SSSR count). The Morgan fingerprint density at radius 3 is 2.69 bits per heavy atom. The Kier molecular flexibility index (Phi) is 2.64. The number of carbonyl (C=O) groups excluding carboxylic acids is 1. The predicted octanol–water partition coefficient (Wildman–Crippen LogP) is 1.99. The molecule has 1 aromatic carbocycles. The number of primary amides is 1. The molecule has 2 N–H and O–H groups in total. The average Bonchev–Trinajstić information content (AvgIpc) is 2.30. The summed E-state index contributed by atoms with van der Waals surface area (Å²) in [6, 6.07) is 9.55. The van der Waals surface area contributed by atoms with Crippen LogP contribution in [0.4, 0.5) is 4.39 Å². The zero-order valence-electron chi connectivity index (χ0n) is 8.35. The van der Waals surface area contributed by atoms with Gasteiger partial charge < -0.3 is 5.73 Å². The molecule has 0 aliphatic heterocycles. The molecular formula is C12H9FN2O. The van der Waals surface area contributed by atoms with Gasteiger partial charge in [-0.3, -0.25) is 9.78 Å². The van der Waals surface area contributed by atoms with Crippen LogP contribution in [0.2, 0.25) is 0 Å². The summed E-state index contributed by atoms with van der Waals surface area (Å²) in [5, 5.41) is 0. The minimum Gasteiger partial charge on any atom is -0.366 e. The summed E-state index contributed by atoms with van der Waals surface area (Å²) in [4.78, 5) is 15.1. The van der Waals surface area contributed by atoms with Crippen LogP contribution in [-0.4, -0.2) is 10.9 Å². The number of hydrogen-bond acceptors (Lipinski definition) is 2. The number of amides is 1. The van der Waals surface area contributed by atoms with Crippen molar-refractivity contribution in [3.05, 3.63) is 54.0 Å². The van der Waals surface area contributed by atoms with Crippen LogP contribution in [-0.2, 0) is 0 Å². The molecule has 2 aromatic rings. The van der Waals surface area contributed by atoms with Crippen LogP contribution >= 0.6 is 0 Å². The van der Waals surface area contributed by atoms with Crippen LogP contribution in [0.25, 0.3) is 11.3 Å². The van der Waals surface area contributed by atoms with Gasteiger partial charge in [0.2, 0.25) is 0 Å². The highest BCUT2D eigenvalue weighted by atomic mass is 19.1. The van der Waals surface area contributed by atoms with Gasteiger partial charge in [0, 0.05) is 11.8 Å². The third kappa shape index (κ3) is 1.91. The summed E-state index contributed by atoms with van der Waals surface area (Å²) in [5.41, 5.74) is 6.27. The molecule has 1 aromatic heterocycles. The second kappa shape index (κ2) is 4.10. The number of aromatic nitrogens is 1. The minimum atomic E-state index is -0.782. The first-order chi connectivity index (χ1) is 7.68. The van der Waals surface area contributed by atoms with Crippen LogP contribution in [0.15, 0.2) is 42.6 Å². The number of pyridine rings is 1. The quantitative estimate of drug-likeness (QED) is 0.834. The maximum Gasteiger partial charge on any atom is 0.251 e. The molecule has 0 bridgehead atoms. The first kappa shape index (κ1) is 10.3. The summed E-state index contributed by atoms with van der Waals surface area (Å²) in [7, 11) is 0. The van der Waals surface area contributed by atoms with Gasteiger partial charge in [0.15, 0.2) is 0 Å². The van der Waals surface area contributed by atoms with E-state index in [0.717, 1.165) is 0 Å². The number of rotatable bonds is 2. The lowest BCUT2D eigenvalue weighted by atomic mass is 10.1. The van der Waals surface area contributed by atoms with E-state index in [1.54, 1.807) is 24.4 Å². The molecule has 3 nitrogen and oxygen atoms in total. The number of halogens is 1. The van der Waals surface area contributed by atoms with Gasteiger partial charge in [-0.25, -0.2) is 4.39 Å². The first-order valence-electron chi connectivity index (χ1n) is 4.69. The molecule has 1 heterocycles. The Bertz CT molecular complexity index is 526. The minimum absolute atomic E-state index is 0.122. The highest BCUT2D eigenvalue weighted by Gasteiger charge is 2.09. The number of nitrogens with zero attached hydrogens (tertiary/aromatic N) is 1.